The minimum Gasteiger partial charge on any atom is -0.382 e. The van der Waals surface area contributed by atoms with Gasteiger partial charge >= 0.3 is 6.18 Å². The first kappa shape index (κ1) is 26.6. The summed E-state index contributed by atoms with van der Waals surface area (Å²) in [5.41, 5.74) is 8.41. The summed E-state index contributed by atoms with van der Waals surface area (Å²) in [5.74, 6) is 0.233. The molecule has 0 spiro atoms. The Labute approximate surface area is 218 Å². The van der Waals surface area contributed by atoms with Crippen LogP contribution < -0.4 is 21.3 Å². The monoisotopic (exact) mass is 523 g/mol. The third-order valence-corrected chi connectivity index (χ3v) is 6.08. The fourth-order valence-electron chi connectivity index (χ4n) is 4.05. The van der Waals surface area contributed by atoms with Gasteiger partial charge in [0.05, 0.1) is 23.1 Å². The van der Waals surface area contributed by atoms with E-state index in [-0.39, 0.29) is 12.4 Å². The van der Waals surface area contributed by atoms with Gasteiger partial charge in [0.2, 0.25) is 5.95 Å². The lowest BCUT2D eigenvalue weighted by Gasteiger charge is -2.17. The van der Waals surface area contributed by atoms with Crippen molar-refractivity contribution in [3.05, 3.63) is 89.4 Å². The van der Waals surface area contributed by atoms with Gasteiger partial charge in [-0.25, -0.2) is 15.0 Å². The number of aryl methyl sites for hydroxylation is 1. The highest BCUT2D eigenvalue weighted by Crippen LogP contribution is 2.29. The van der Waals surface area contributed by atoms with Crippen LogP contribution in [0.15, 0.2) is 66.4 Å². The highest BCUT2D eigenvalue weighted by molar-refractivity contribution is 6.03. The molecular weight excluding hydrogens is 495 g/mol. The third-order valence-electron chi connectivity index (χ3n) is 6.08. The van der Waals surface area contributed by atoms with E-state index in [2.05, 4.69) is 37.1 Å². The van der Waals surface area contributed by atoms with E-state index in [9.17, 15) is 18.0 Å². The molecule has 0 aliphatic carbocycles. The van der Waals surface area contributed by atoms with Crippen molar-refractivity contribution in [1.29, 1.82) is 0 Å². The van der Waals surface area contributed by atoms with Crippen molar-refractivity contribution >= 4 is 29.1 Å². The summed E-state index contributed by atoms with van der Waals surface area (Å²) in [5, 5.41) is 5.63. The number of nitrogens with one attached hydrogen (secondary N) is 2. The summed E-state index contributed by atoms with van der Waals surface area (Å²) >= 11 is 0. The zero-order valence-electron chi connectivity index (χ0n) is 20.8. The molecule has 4 N–H and O–H groups in total. The van der Waals surface area contributed by atoms with E-state index in [0.717, 1.165) is 43.6 Å². The maximum Gasteiger partial charge on any atom is 0.416 e. The number of amidine groups is 1. The maximum atomic E-state index is 13.0. The number of halogens is 3. The average Bonchev–Trinajstić information content (AvgIpc) is 3.44. The standard InChI is InChI=1S/C27H28F3N7O/c1-3-32-22-16-34-26(37-11-4-5-12-37)36-23(22)24(31)35-21-14-19(10-9-17(21)2)25(38)33-15-18-7-6-8-20(13-18)27(28,29)30/h3,6-10,13-14,16,32H,1,4-5,11-12,15H2,2H3,(H2,31,35)(H,33,38). The number of anilines is 2. The van der Waals surface area contributed by atoms with Gasteiger partial charge in [-0.05, 0) is 61.4 Å². The fourth-order valence-corrected chi connectivity index (χ4v) is 4.05. The maximum absolute atomic E-state index is 13.0. The van der Waals surface area contributed by atoms with Gasteiger partial charge in [0.15, 0.2) is 5.84 Å². The number of benzene rings is 2. The smallest absolute Gasteiger partial charge is 0.382 e. The second-order valence-corrected chi connectivity index (χ2v) is 8.85. The van der Waals surface area contributed by atoms with E-state index in [0.29, 0.717) is 34.1 Å². The molecule has 2 aromatic carbocycles. The van der Waals surface area contributed by atoms with Gasteiger partial charge in [-0.15, -0.1) is 0 Å². The number of rotatable bonds is 8. The third kappa shape index (κ3) is 6.28. The van der Waals surface area contributed by atoms with Crippen LogP contribution in [-0.2, 0) is 12.7 Å². The van der Waals surface area contributed by atoms with Gasteiger partial charge in [0.1, 0.15) is 5.69 Å². The molecule has 38 heavy (non-hydrogen) atoms. The number of carbonyl (C=O) groups excluding carboxylic acids is 1. The molecule has 0 radical (unpaired) electrons. The summed E-state index contributed by atoms with van der Waals surface area (Å²) in [6, 6.07) is 9.75. The van der Waals surface area contributed by atoms with E-state index in [1.807, 2.05) is 6.92 Å². The number of aromatic nitrogens is 2. The van der Waals surface area contributed by atoms with Crippen molar-refractivity contribution in [2.24, 2.45) is 10.7 Å². The topological polar surface area (TPSA) is 109 Å². The number of nitrogens with two attached hydrogens (primary N) is 1. The number of aliphatic imine (C=N–C) groups is 1. The van der Waals surface area contributed by atoms with Crippen LogP contribution in [0.4, 0.5) is 30.5 Å². The van der Waals surface area contributed by atoms with Crippen molar-refractivity contribution in [2.75, 3.05) is 23.3 Å². The van der Waals surface area contributed by atoms with Gasteiger partial charge in [0, 0.05) is 25.2 Å². The molecular formula is C27H28F3N7O. The molecule has 1 amide bonds. The molecule has 1 aliphatic rings. The molecule has 3 aromatic rings. The van der Waals surface area contributed by atoms with E-state index >= 15 is 0 Å². The van der Waals surface area contributed by atoms with Gasteiger partial charge in [-0.1, -0.05) is 24.8 Å². The summed E-state index contributed by atoms with van der Waals surface area (Å²) in [4.78, 5) is 28.5. The number of hydrogen-bond acceptors (Lipinski definition) is 6. The van der Waals surface area contributed by atoms with Crippen LogP contribution in [0.3, 0.4) is 0 Å². The van der Waals surface area contributed by atoms with Crippen LogP contribution >= 0.6 is 0 Å². The largest absolute Gasteiger partial charge is 0.416 e. The molecule has 1 fully saturated rings. The summed E-state index contributed by atoms with van der Waals surface area (Å²) in [6.45, 7) is 7.18. The first-order chi connectivity index (χ1) is 18.2. The Balaban J connectivity index is 1.56. The van der Waals surface area contributed by atoms with Crippen LogP contribution in [0, 0.1) is 6.92 Å². The van der Waals surface area contributed by atoms with E-state index in [1.165, 1.54) is 18.3 Å². The molecule has 1 aromatic heterocycles. The van der Waals surface area contributed by atoms with Gasteiger partial charge in [-0.2, -0.15) is 13.2 Å². The second kappa shape index (κ2) is 11.3. The van der Waals surface area contributed by atoms with Crippen molar-refractivity contribution in [3.63, 3.8) is 0 Å². The molecule has 0 saturated carbocycles. The lowest BCUT2D eigenvalue weighted by atomic mass is 10.1. The zero-order valence-corrected chi connectivity index (χ0v) is 20.8. The molecule has 0 bridgehead atoms. The number of amides is 1. The average molecular weight is 524 g/mol. The van der Waals surface area contributed by atoms with Crippen LogP contribution in [0.2, 0.25) is 0 Å². The van der Waals surface area contributed by atoms with Gasteiger partial charge in [0.25, 0.3) is 5.91 Å². The van der Waals surface area contributed by atoms with Gasteiger partial charge in [-0.3, -0.25) is 4.79 Å². The number of carbonyl (C=O) groups is 1. The van der Waals surface area contributed by atoms with Crippen molar-refractivity contribution < 1.29 is 18.0 Å². The Morgan fingerprint density at radius 3 is 2.68 bits per heavy atom. The van der Waals surface area contributed by atoms with E-state index < -0.39 is 17.6 Å². The lowest BCUT2D eigenvalue weighted by molar-refractivity contribution is -0.137. The Hall–Kier alpha value is -4.41. The first-order valence-electron chi connectivity index (χ1n) is 12.0. The van der Waals surface area contributed by atoms with E-state index in [1.54, 1.807) is 24.4 Å². The first-order valence-corrected chi connectivity index (χ1v) is 12.0. The zero-order chi connectivity index (χ0) is 27.3. The molecule has 0 unspecified atom stereocenters. The SMILES string of the molecule is C=CNc1cnc(N2CCCC2)nc1C(N)=Nc1cc(C(=O)NCc2cccc(C(F)(F)F)c2)ccc1C. The fraction of sp³-hybridized carbons (Fsp3) is 0.259. The Morgan fingerprint density at radius 2 is 1.97 bits per heavy atom. The van der Waals surface area contributed by atoms with E-state index in [4.69, 9.17) is 5.73 Å². The quantitative estimate of drug-likeness (QED) is 0.286. The predicted octanol–water partition coefficient (Wildman–Crippen LogP) is 4.93. The summed E-state index contributed by atoms with van der Waals surface area (Å²) in [7, 11) is 0. The lowest BCUT2D eigenvalue weighted by Crippen LogP contribution is -2.24. The Morgan fingerprint density at radius 1 is 1.21 bits per heavy atom. The molecule has 8 nitrogen and oxygen atoms in total. The molecule has 1 aliphatic heterocycles. The highest BCUT2D eigenvalue weighted by Gasteiger charge is 2.30. The molecule has 1 saturated heterocycles. The summed E-state index contributed by atoms with van der Waals surface area (Å²) < 4.78 is 38.9. The molecule has 11 heteroatoms. The number of alkyl halides is 3. The van der Waals surface area contributed by atoms with Crippen molar-refractivity contribution in [2.45, 2.75) is 32.5 Å². The molecule has 0 atom stereocenters. The molecule has 2 heterocycles. The minimum absolute atomic E-state index is 0.0613. The molecule has 4 rings (SSSR count). The number of hydrogen-bond donors (Lipinski definition) is 3. The van der Waals surface area contributed by atoms with Crippen LogP contribution in [-0.4, -0.2) is 34.8 Å². The van der Waals surface area contributed by atoms with Crippen LogP contribution in [0.25, 0.3) is 0 Å². The second-order valence-electron chi connectivity index (χ2n) is 8.85. The highest BCUT2D eigenvalue weighted by atomic mass is 19.4. The predicted molar refractivity (Wildman–Crippen MR) is 141 cm³/mol. The van der Waals surface area contributed by atoms with Gasteiger partial charge < -0.3 is 21.3 Å². The number of nitrogens with zero attached hydrogens (tertiary/aromatic N) is 4. The molecule has 198 valence electrons. The van der Waals surface area contributed by atoms with Crippen LogP contribution in [0.1, 0.15) is 45.6 Å². The van der Waals surface area contributed by atoms with Crippen molar-refractivity contribution in [3.8, 4) is 0 Å². The minimum atomic E-state index is -4.45. The van der Waals surface area contributed by atoms with Crippen molar-refractivity contribution in [1.82, 2.24) is 15.3 Å². The summed E-state index contributed by atoms with van der Waals surface area (Å²) in [6.07, 6.45) is 0.799. The Bertz CT molecular complexity index is 1370. The van der Waals surface area contributed by atoms with Crippen LogP contribution in [0.5, 0.6) is 0 Å². The normalized spacial score (nSPS) is 13.9. The Kier molecular flexibility index (Phi) is 7.94.